The number of carbonyl (C=O) groups excluding carboxylic acids is 3. The number of fused-ring (bicyclic) bond motifs is 1. The molecule has 2 atom stereocenters. The van der Waals surface area contributed by atoms with Crippen LogP contribution in [0.3, 0.4) is 0 Å². The highest BCUT2D eigenvalue weighted by molar-refractivity contribution is 6.02. The number of methoxy groups -OCH3 is 1. The standard InChI is InChI=1S/C29H26N4O10/c1-41-21-7-3-5-18(13-21)28(37)31-10-11-32(29(38)19-8-9-23-24(14-19)43-16-42-23)27(31)26(36)30-22(15-25(34)35)17-4-2-6-20(12-17)33(39)40/h2-9,12-14,22,27H,10-11,15-16H2,1H3,(H,30,36)(H,34,35). The normalized spacial score (nSPS) is 16.0. The lowest BCUT2D eigenvalue weighted by Gasteiger charge is -2.31. The summed E-state index contributed by atoms with van der Waals surface area (Å²) in [6, 6.07) is 14.9. The molecule has 0 bridgehead atoms. The van der Waals surface area contributed by atoms with E-state index >= 15 is 0 Å². The highest BCUT2D eigenvalue weighted by atomic mass is 16.7. The molecule has 3 aromatic rings. The van der Waals surface area contributed by atoms with Crippen LogP contribution in [-0.4, -0.2) is 76.7 Å². The van der Waals surface area contributed by atoms with E-state index in [0.29, 0.717) is 17.2 Å². The summed E-state index contributed by atoms with van der Waals surface area (Å²) in [5.74, 6) is -2.05. The van der Waals surface area contributed by atoms with E-state index in [0.717, 1.165) is 6.07 Å². The Labute approximate surface area is 244 Å². The molecule has 0 radical (unpaired) electrons. The molecule has 5 rings (SSSR count). The first-order valence-corrected chi connectivity index (χ1v) is 13.1. The van der Waals surface area contributed by atoms with Gasteiger partial charge >= 0.3 is 5.97 Å². The molecule has 0 aromatic heterocycles. The number of nitrogens with zero attached hydrogens (tertiary/aromatic N) is 3. The van der Waals surface area contributed by atoms with E-state index in [1.165, 1.54) is 53.3 Å². The Bertz CT molecular complexity index is 1610. The number of nitro benzene ring substituents is 1. The molecule has 3 aromatic carbocycles. The summed E-state index contributed by atoms with van der Waals surface area (Å²) >= 11 is 0. The lowest BCUT2D eigenvalue weighted by Crippen LogP contribution is -2.54. The third kappa shape index (κ3) is 6.02. The van der Waals surface area contributed by atoms with Gasteiger partial charge in [0.05, 0.1) is 24.5 Å². The van der Waals surface area contributed by atoms with Crippen molar-refractivity contribution in [1.29, 1.82) is 0 Å². The van der Waals surface area contributed by atoms with E-state index in [1.54, 1.807) is 24.3 Å². The number of hydrogen-bond donors (Lipinski definition) is 2. The van der Waals surface area contributed by atoms with Crippen molar-refractivity contribution in [2.45, 2.75) is 18.6 Å². The molecular formula is C29H26N4O10. The van der Waals surface area contributed by atoms with E-state index in [4.69, 9.17) is 14.2 Å². The molecule has 2 unspecified atom stereocenters. The van der Waals surface area contributed by atoms with Crippen molar-refractivity contribution in [3.63, 3.8) is 0 Å². The first-order valence-electron chi connectivity index (χ1n) is 13.1. The van der Waals surface area contributed by atoms with Gasteiger partial charge in [-0.1, -0.05) is 18.2 Å². The van der Waals surface area contributed by atoms with Crippen LogP contribution >= 0.6 is 0 Å². The molecule has 3 amide bonds. The summed E-state index contributed by atoms with van der Waals surface area (Å²) in [4.78, 5) is 66.2. The lowest BCUT2D eigenvalue weighted by molar-refractivity contribution is -0.384. The quantitative estimate of drug-likeness (QED) is 0.278. The van der Waals surface area contributed by atoms with Crippen molar-refractivity contribution in [3.05, 3.63) is 93.5 Å². The molecule has 0 saturated carbocycles. The molecule has 14 nitrogen and oxygen atoms in total. The van der Waals surface area contributed by atoms with Gasteiger partial charge in [-0.25, -0.2) is 0 Å². The molecule has 1 fully saturated rings. The van der Waals surface area contributed by atoms with Crippen LogP contribution in [0.15, 0.2) is 66.7 Å². The van der Waals surface area contributed by atoms with Crippen LogP contribution in [-0.2, 0) is 9.59 Å². The van der Waals surface area contributed by atoms with Crippen molar-refractivity contribution in [2.75, 3.05) is 27.0 Å². The van der Waals surface area contributed by atoms with Crippen molar-refractivity contribution < 1.29 is 43.4 Å². The van der Waals surface area contributed by atoms with Crippen LogP contribution in [0.5, 0.6) is 17.2 Å². The van der Waals surface area contributed by atoms with Crippen LogP contribution in [0.1, 0.15) is 38.7 Å². The van der Waals surface area contributed by atoms with Crippen LogP contribution in [0, 0.1) is 10.1 Å². The Morgan fingerprint density at radius 1 is 0.977 bits per heavy atom. The number of nitrogens with one attached hydrogen (secondary N) is 1. The number of benzene rings is 3. The fourth-order valence-electron chi connectivity index (χ4n) is 4.98. The van der Waals surface area contributed by atoms with Crippen molar-refractivity contribution in [1.82, 2.24) is 15.1 Å². The molecule has 2 aliphatic rings. The molecule has 2 aliphatic heterocycles. The minimum absolute atomic E-state index is 0.00679. The Morgan fingerprint density at radius 2 is 1.65 bits per heavy atom. The smallest absolute Gasteiger partial charge is 0.305 e. The van der Waals surface area contributed by atoms with E-state index < -0.39 is 47.2 Å². The Balaban J connectivity index is 1.49. The van der Waals surface area contributed by atoms with Gasteiger partial charge in [0.25, 0.3) is 23.4 Å². The van der Waals surface area contributed by atoms with Gasteiger partial charge in [-0.3, -0.25) is 29.3 Å². The number of amides is 3. The van der Waals surface area contributed by atoms with Crippen LogP contribution < -0.4 is 19.5 Å². The first-order chi connectivity index (χ1) is 20.7. The van der Waals surface area contributed by atoms with Crippen LogP contribution in [0.4, 0.5) is 5.69 Å². The molecule has 222 valence electrons. The van der Waals surface area contributed by atoms with E-state index in [-0.39, 0.29) is 42.3 Å². The number of nitro groups is 1. The Kier molecular flexibility index (Phi) is 8.09. The zero-order valence-electron chi connectivity index (χ0n) is 22.8. The number of carbonyl (C=O) groups is 4. The second kappa shape index (κ2) is 12.1. The fraction of sp³-hybridized carbons (Fsp3) is 0.241. The van der Waals surface area contributed by atoms with Crippen molar-refractivity contribution in [2.24, 2.45) is 0 Å². The predicted octanol–water partition coefficient (Wildman–Crippen LogP) is 2.59. The number of rotatable bonds is 9. The summed E-state index contributed by atoms with van der Waals surface area (Å²) in [6.07, 6.45) is -2.09. The van der Waals surface area contributed by atoms with Crippen molar-refractivity contribution in [3.8, 4) is 17.2 Å². The summed E-state index contributed by atoms with van der Waals surface area (Å²) < 4.78 is 15.9. The average molecular weight is 591 g/mol. The van der Waals surface area contributed by atoms with E-state index in [2.05, 4.69) is 5.32 Å². The third-order valence-electron chi connectivity index (χ3n) is 7.04. The Hall–Kier alpha value is -5.66. The number of carboxylic acids is 1. The topological polar surface area (TPSA) is 178 Å². The number of carboxylic acid groups (broad SMARTS) is 1. The predicted molar refractivity (Wildman–Crippen MR) is 148 cm³/mol. The maximum atomic E-state index is 13.9. The average Bonchev–Trinajstić information content (AvgIpc) is 3.67. The maximum Gasteiger partial charge on any atom is 0.305 e. The molecule has 14 heteroatoms. The van der Waals surface area contributed by atoms with Crippen LogP contribution in [0.25, 0.3) is 0 Å². The minimum Gasteiger partial charge on any atom is -0.497 e. The summed E-state index contributed by atoms with van der Waals surface area (Å²) in [6.45, 7) is -0.0283. The zero-order chi connectivity index (χ0) is 30.7. The van der Waals surface area contributed by atoms with Gasteiger partial charge in [0.15, 0.2) is 17.7 Å². The number of hydrogen-bond acceptors (Lipinski definition) is 9. The largest absolute Gasteiger partial charge is 0.497 e. The minimum atomic E-state index is -1.48. The monoisotopic (exact) mass is 590 g/mol. The fourth-order valence-corrected chi connectivity index (χ4v) is 4.98. The number of ether oxygens (including phenoxy) is 3. The molecule has 2 heterocycles. The summed E-state index contributed by atoms with van der Waals surface area (Å²) in [7, 11) is 1.44. The van der Waals surface area contributed by atoms with Gasteiger partial charge in [0.2, 0.25) is 6.79 Å². The third-order valence-corrected chi connectivity index (χ3v) is 7.04. The molecular weight excluding hydrogens is 564 g/mol. The molecule has 0 spiro atoms. The number of aliphatic carboxylic acids is 1. The molecule has 0 aliphatic carbocycles. The van der Waals surface area contributed by atoms with Gasteiger partial charge in [-0.2, -0.15) is 0 Å². The second-order valence-corrected chi connectivity index (χ2v) is 9.68. The Morgan fingerprint density at radius 3 is 2.33 bits per heavy atom. The van der Waals surface area contributed by atoms with Crippen molar-refractivity contribution >= 4 is 29.4 Å². The van der Waals surface area contributed by atoms with Gasteiger partial charge < -0.3 is 34.4 Å². The van der Waals surface area contributed by atoms with Gasteiger partial charge in [-0.05, 0) is 42.0 Å². The summed E-state index contributed by atoms with van der Waals surface area (Å²) in [5.41, 5.74) is 0.258. The van der Waals surface area contributed by atoms with E-state index in [9.17, 15) is 34.4 Å². The zero-order valence-corrected chi connectivity index (χ0v) is 22.8. The highest BCUT2D eigenvalue weighted by Crippen LogP contribution is 2.34. The number of non-ortho nitro benzene ring substituents is 1. The molecule has 43 heavy (non-hydrogen) atoms. The van der Waals surface area contributed by atoms with Crippen LogP contribution in [0.2, 0.25) is 0 Å². The van der Waals surface area contributed by atoms with Gasteiger partial charge in [0.1, 0.15) is 5.75 Å². The SMILES string of the molecule is COc1cccc(C(=O)N2CCN(C(=O)c3ccc4c(c3)OCO4)C2C(=O)NC(CC(=O)O)c2cccc([N+](=O)[O-])c2)c1. The lowest BCUT2D eigenvalue weighted by atomic mass is 10.0. The van der Waals surface area contributed by atoms with Gasteiger partial charge in [0, 0.05) is 36.3 Å². The van der Waals surface area contributed by atoms with E-state index in [1.807, 2.05) is 0 Å². The highest BCUT2D eigenvalue weighted by Gasteiger charge is 2.44. The molecule has 1 saturated heterocycles. The first kappa shape index (κ1) is 28.9. The van der Waals surface area contributed by atoms with Gasteiger partial charge in [-0.15, -0.1) is 0 Å². The summed E-state index contributed by atoms with van der Waals surface area (Å²) in [5, 5.41) is 23.5. The second-order valence-electron chi connectivity index (χ2n) is 9.68. The maximum absolute atomic E-state index is 13.9. The molecule has 2 N–H and O–H groups in total.